The number of rotatable bonds is 6. The van der Waals surface area contributed by atoms with E-state index in [-0.39, 0.29) is 28.6 Å². The summed E-state index contributed by atoms with van der Waals surface area (Å²) in [5.74, 6) is 3.45. The first-order valence-corrected chi connectivity index (χ1v) is 17.3. The Morgan fingerprint density at radius 2 is 1.37 bits per heavy atom. The van der Waals surface area contributed by atoms with Crippen LogP contribution in [0.25, 0.3) is 0 Å². The third-order valence-electron chi connectivity index (χ3n) is 7.54. The second-order valence-electron chi connectivity index (χ2n) is 11.2. The summed E-state index contributed by atoms with van der Waals surface area (Å²) in [5, 5.41) is 35.9. The van der Waals surface area contributed by atoms with Crippen LogP contribution in [-0.4, -0.2) is 48.3 Å². The number of aryl methyl sites for hydroxylation is 2. The fourth-order valence-corrected chi connectivity index (χ4v) is 6.04. The molecule has 4 heterocycles. The van der Waals surface area contributed by atoms with E-state index in [9.17, 15) is 39.4 Å². The number of nitriles is 1. The number of carbonyl (C=O) groups is 2. The van der Waals surface area contributed by atoms with Gasteiger partial charge in [0.2, 0.25) is 0 Å². The number of aromatic nitrogens is 2. The SMILES string of the molecule is Cl.Cn1cc(C(=O)NN)cc([N+](=O)[O-])c1=O.Cn1cc(C(=O)NNC(=S)Nc2ccc3c(c2Cl)C=NC3)cc([N+](=O)[O-])c1=O.N#CSc1ccc2c(c1Cl)C=NC2. The Kier molecular flexibility index (Phi) is 15.9. The van der Waals surface area contributed by atoms with Crippen LogP contribution < -0.4 is 38.6 Å². The van der Waals surface area contributed by atoms with Gasteiger partial charge >= 0.3 is 22.5 Å². The molecule has 296 valence electrons. The summed E-state index contributed by atoms with van der Waals surface area (Å²) in [6.45, 7) is 1.27. The first kappa shape index (κ1) is 45.2. The first-order valence-electron chi connectivity index (χ1n) is 15.3. The minimum absolute atomic E-state index is 0. The largest absolute Gasteiger partial charge is 0.334 e. The number of thiocyanates is 1. The number of thioether (sulfide) groups is 1. The summed E-state index contributed by atoms with van der Waals surface area (Å²) >= 11 is 18.6. The van der Waals surface area contributed by atoms with E-state index in [2.05, 4.69) is 26.2 Å². The molecule has 0 saturated carbocycles. The number of nitrogens with one attached hydrogen (secondary N) is 4. The maximum atomic E-state index is 12.2. The van der Waals surface area contributed by atoms with Gasteiger partial charge in [-0.3, -0.25) is 65.7 Å². The van der Waals surface area contributed by atoms with E-state index in [1.54, 1.807) is 18.5 Å². The smallest absolute Gasteiger partial charge is 0.330 e. The van der Waals surface area contributed by atoms with E-state index in [4.69, 9.17) is 46.5 Å². The molecule has 4 aromatic rings. The number of pyridine rings is 2. The molecule has 2 aromatic heterocycles. The quantitative estimate of drug-likeness (QED) is 0.0352. The molecule has 0 atom stereocenters. The van der Waals surface area contributed by atoms with Crippen molar-refractivity contribution in [3.8, 4) is 5.40 Å². The number of anilines is 1. The molecule has 25 heteroatoms. The third kappa shape index (κ3) is 11.0. The maximum absolute atomic E-state index is 12.2. The average Bonchev–Trinajstić information content (AvgIpc) is 3.86. The Hall–Kier alpha value is -6.22. The van der Waals surface area contributed by atoms with Crippen molar-refractivity contribution in [2.24, 2.45) is 29.9 Å². The van der Waals surface area contributed by atoms with Crippen molar-refractivity contribution in [3.05, 3.63) is 133 Å². The second-order valence-corrected chi connectivity index (χ2v) is 13.2. The summed E-state index contributed by atoms with van der Waals surface area (Å²) in [4.78, 5) is 75.0. The number of nitro groups is 2. The van der Waals surface area contributed by atoms with Crippen LogP contribution in [0.15, 0.2) is 73.3 Å². The number of hydrogen-bond donors (Lipinski definition) is 5. The monoisotopic (exact) mass is 876 g/mol. The number of amides is 2. The van der Waals surface area contributed by atoms with Crippen molar-refractivity contribution in [2.45, 2.75) is 18.0 Å². The van der Waals surface area contributed by atoms with Gasteiger partial charge in [-0.05, 0) is 47.2 Å². The molecule has 20 nitrogen and oxygen atoms in total. The second kappa shape index (κ2) is 20.1. The molecule has 6 rings (SSSR count). The Morgan fingerprint density at radius 3 is 1.86 bits per heavy atom. The minimum Gasteiger partial charge on any atom is -0.330 e. The summed E-state index contributed by atoms with van der Waals surface area (Å²) in [7, 11) is 2.62. The number of nitrogens with two attached hydrogens (primary N) is 1. The fraction of sp³-hybridized carbons (Fsp3) is 0.125. The molecule has 0 unspecified atom stereocenters. The Labute approximate surface area is 346 Å². The number of hydrogen-bond acceptors (Lipinski definition) is 14. The van der Waals surface area contributed by atoms with Gasteiger partial charge in [-0.15, -0.1) is 12.4 Å². The highest BCUT2D eigenvalue weighted by Crippen LogP contribution is 2.33. The molecule has 0 aliphatic carbocycles. The Bertz CT molecular complexity index is 2520. The van der Waals surface area contributed by atoms with Crippen LogP contribution in [0.2, 0.25) is 10.0 Å². The molecule has 0 radical (unpaired) electrons. The first-order chi connectivity index (χ1) is 26.6. The van der Waals surface area contributed by atoms with Crippen LogP contribution in [-0.2, 0) is 27.2 Å². The lowest BCUT2D eigenvalue weighted by molar-refractivity contribution is -0.386. The highest BCUT2D eigenvalue weighted by molar-refractivity contribution is 8.03. The van der Waals surface area contributed by atoms with E-state index in [0.717, 1.165) is 66.4 Å². The Morgan fingerprint density at radius 1 is 0.877 bits per heavy atom. The molecule has 2 aliphatic heterocycles. The fourth-order valence-electron chi connectivity index (χ4n) is 4.82. The number of fused-ring (bicyclic) bond motifs is 2. The number of nitrogen functional groups attached to an aromatic ring is 1. The predicted molar refractivity (Wildman–Crippen MR) is 219 cm³/mol. The Balaban J connectivity index is 0.000000252. The topological polar surface area (TPSA) is 287 Å². The molecular formula is C32H27Cl3N12O8S2. The molecule has 0 fully saturated rings. The maximum Gasteiger partial charge on any atom is 0.334 e. The number of hydrazine groups is 2. The van der Waals surface area contributed by atoms with Gasteiger partial charge in [0.1, 0.15) is 5.40 Å². The summed E-state index contributed by atoms with van der Waals surface area (Å²) < 4.78 is 1.90. The molecule has 2 aromatic carbocycles. The van der Waals surface area contributed by atoms with Crippen LogP contribution in [0, 0.1) is 30.9 Å². The highest BCUT2D eigenvalue weighted by atomic mass is 35.5. The van der Waals surface area contributed by atoms with E-state index >= 15 is 0 Å². The van der Waals surface area contributed by atoms with Crippen LogP contribution in [0.1, 0.15) is 43.0 Å². The standard InChI is InChI=1S/C16H13ClN6O4S.C9H5ClN2S.C7H8N4O4.ClH/c1-22-7-9(4-12(15(22)25)23(26)27)14(24)20-21-16(28)19-11-3-2-8-5-18-6-10(8)13(11)17;10-9-7-4-12-3-6(7)1-2-8(9)13-5-11;1-10-3-4(6(12)9-8)2-5(7(10)13)11(14)15;/h2-4,6-7H,5H2,1H3,(H,20,24)(H2,19,21,28);1-2,4H,3H2;2-3H,8H2,1H3,(H,9,12);1H. The van der Waals surface area contributed by atoms with Gasteiger partial charge in [-0.1, -0.05) is 35.3 Å². The van der Waals surface area contributed by atoms with Crippen molar-refractivity contribution < 1.29 is 19.4 Å². The zero-order chi connectivity index (χ0) is 41.3. The summed E-state index contributed by atoms with van der Waals surface area (Å²) in [5.41, 5.74) is 7.91. The summed E-state index contributed by atoms with van der Waals surface area (Å²) in [6, 6.07) is 9.21. The zero-order valence-electron chi connectivity index (χ0n) is 29.1. The van der Waals surface area contributed by atoms with Crippen molar-refractivity contribution in [2.75, 3.05) is 5.32 Å². The molecule has 0 spiro atoms. The zero-order valence-corrected chi connectivity index (χ0v) is 33.1. The van der Waals surface area contributed by atoms with Crippen molar-refractivity contribution in [3.63, 3.8) is 0 Å². The minimum atomic E-state index is -0.852. The van der Waals surface area contributed by atoms with Gasteiger partial charge in [0.25, 0.3) is 11.8 Å². The van der Waals surface area contributed by atoms with Gasteiger partial charge in [0, 0.05) is 67.1 Å². The van der Waals surface area contributed by atoms with Gasteiger partial charge < -0.3 is 14.5 Å². The molecular weight excluding hydrogens is 851 g/mol. The van der Waals surface area contributed by atoms with Gasteiger partial charge in [0.15, 0.2) is 5.11 Å². The average molecular weight is 878 g/mol. The van der Waals surface area contributed by atoms with Crippen molar-refractivity contribution >= 4 is 106 Å². The number of halogens is 3. The summed E-state index contributed by atoms with van der Waals surface area (Å²) in [6.07, 6.45) is 5.78. The molecule has 2 aliphatic rings. The van der Waals surface area contributed by atoms with E-state index < -0.39 is 44.2 Å². The number of benzene rings is 2. The van der Waals surface area contributed by atoms with Crippen LogP contribution in [0.3, 0.4) is 0 Å². The molecule has 6 N–H and O–H groups in total. The van der Waals surface area contributed by atoms with E-state index in [0.29, 0.717) is 28.8 Å². The molecule has 2 amide bonds. The lowest BCUT2D eigenvalue weighted by Gasteiger charge is -2.14. The lowest BCUT2D eigenvalue weighted by atomic mass is 10.1. The van der Waals surface area contributed by atoms with Crippen LogP contribution >= 0.6 is 59.6 Å². The van der Waals surface area contributed by atoms with Crippen LogP contribution in [0.5, 0.6) is 0 Å². The van der Waals surface area contributed by atoms with Crippen molar-refractivity contribution in [1.29, 1.82) is 5.26 Å². The third-order valence-corrected chi connectivity index (χ3v) is 9.32. The number of aliphatic imine (C=N–C) groups is 2. The lowest BCUT2D eigenvalue weighted by Crippen LogP contribution is -2.44. The highest BCUT2D eigenvalue weighted by Gasteiger charge is 2.20. The van der Waals surface area contributed by atoms with Gasteiger partial charge in [-0.25, -0.2) is 5.84 Å². The number of carbonyl (C=O) groups excluding carboxylic acids is 2. The number of nitrogens with zero attached hydrogens (tertiary/aromatic N) is 7. The number of thiocarbonyl (C=S) groups is 1. The van der Waals surface area contributed by atoms with Gasteiger partial charge in [-0.2, -0.15) is 5.26 Å². The molecule has 0 saturated heterocycles. The van der Waals surface area contributed by atoms with Crippen molar-refractivity contribution in [1.82, 2.24) is 25.4 Å². The molecule has 0 bridgehead atoms. The predicted octanol–water partition coefficient (Wildman–Crippen LogP) is 3.68. The van der Waals surface area contributed by atoms with E-state index in [1.807, 2.05) is 29.0 Å². The van der Waals surface area contributed by atoms with Gasteiger partial charge in [0.05, 0.1) is 49.8 Å². The van der Waals surface area contributed by atoms with Crippen LogP contribution in [0.4, 0.5) is 17.1 Å². The van der Waals surface area contributed by atoms with E-state index in [1.165, 1.54) is 20.3 Å². The normalized spacial score (nSPS) is 11.2. The molecule has 57 heavy (non-hydrogen) atoms.